The third kappa shape index (κ3) is 1.67. The molecule has 0 saturated heterocycles. The van der Waals surface area contributed by atoms with Gasteiger partial charge in [-0.05, 0) is 11.8 Å². The van der Waals surface area contributed by atoms with Gasteiger partial charge < -0.3 is 5.73 Å². The maximum atomic E-state index is 12.7. The Balaban J connectivity index is 2.73. The maximum Gasteiger partial charge on any atom is 0.311 e. The molecule has 0 aromatic carbocycles. The number of alkyl halides is 2. The van der Waals surface area contributed by atoms with Crippen LogP contribution in [0.4, 0.5) is 8.78 Å². The van der Waals surface area contributed by atoms with Crippen molar-refractivity contribution in [2.24, 2.45) is 5.73 Å². The zero-order valence-electron chi connectivity index (χ0n) is 5.59. The van der Waals surface area contributed by atoms with Crippen LogP contribution >= 0.6 is 0 Å². The quantitative estimate of drug-likeness (QED) is 0.637. The lowest BCUT2D eigenvalue weighted by Gasteiger charge is -2.08. The molecule has 0 aliphatic carbocycles. The highest BCUT2D eigenvalue weighted by atomic mass is 19.3. The second kappa shape index (κ2) is 2.87. The molecule has 3 N–H and O–H groups in total. The van der Waals surface area contributed by atoms with Gasteiger partial charge in [-0.25, -0.2) is 0 Å². The van der Waals surface area contributed by atoms with Crippen LogP contribution in [0.1, 0.15) is 12.2 Å². The van der Waals surface area contributed by atoms with E-state index in [-0.39, 0.29) is 6.54 Å². The van der Waals surface area contributed by atoms with Crippen LogP contribution in [0.2, 0.25) is 0 Å². The molecule has 1 aromatic rings. The molecule has 0 spiro atoms. The van der Waals surface area contributed by atoms with Crippen LogP contribution in [0.25, 0.3) is 0 Å². The van der Waals surface area contributed by atoms with Crippen molar-refractivity contribution < 1.29 is 8.78 Å². The summed E-state index contributed by atoms with van der Waals surface area (Å²) in [5.74, 6) is -3.68. The van der Waals surface area contributed by atoms with Crippen molar-refractivity contribution in [3.05, 3.63) is 5.82 Å². The van der Waals surface area contributed by atoms with Gasteiger partial charge in [-0.1, -0.05) is 0 Å². The first-order valence-corrected chi connectivity index (χ1v) is 2.98. The van der Waals surface area contributed by atoms with Crippen molar-refractivity contribution in [3.63, 3.8) is 0 Å². The van der Waals surface area contributed by atoms with Crippen molar-refractivity contribution in [2.45, 2.75) is 12.3 Å². The minimum absolute atomic E-state index is 0.110. The van der Waals surface area contributed by atoms with E-state index in [1.54, 1.807) is 0 Å². The average Bonchev–Trinajstić information content (AvgIpc) is 2.37. The van der Waals surface area contributed by atoms with E-state index in [9.17, 15) is 8.78 Å². The Morgan fingerprint density at radius 1 is 1.55 bits per heavy atom. The zero-order chi connectivity index (χ0) is 8.32. The van der Waals surface area contributed by atoms with Gasteiger partial charge >= 0.3 is 5.92 Å². The molecule has 0 aliphatic heterocycles. The van der Waals surface area contributed by atoms with Gasteiger partial charge in [0.1, 0.15) is 0 Å². The van der Waals surface area contributed by atoms with Gasteiger partial charge in [0.25, 0.3) is 0 Å². The largest absolute Gasteiger partial charge is 0.330 e. The molecular formula is C4H7F2N5. The number of hydrogen-bond donors (Lipinski definition) is 2. The first-order chi connectivity index (χ1) is 5.17. The molecule has 0 radical (unpaired) electrons. The van der Waals surface area contributed by atoms with E-state index in [2.05, 4.69) is 15.4 Å². The van der Waals surface area contributed by atoms with Crippen LogP contribution in [0, 0.1) is 0 Å². The van der Waals surface area contributed by atoms with E-state index < -0.39 is 18.2 Å². The first-order valence-electron chi connectivity index (χ1n) is 2.98. The van der Waals surface area contributed by atoms with Crippen molar-refractivity contribution >= 4 is 0 Å². The van der Waals surface area contributed by atoms with Crippen molar-refractivity contribution in [2.75, 3.05) is 6.54 Å². The topological polar surface area (TPSA) is 80.5 Å². The van der Waals surface area contributed by atoms with E-state index in [1.807, 2.05) is 5.21 Å². The molecule has 0 atom stereocenters. The highest BCUT2D eigenvalue weighted by Gasteiger charge is 2.35. The summed E-state index contributed by atoms with van der Waals surface area (Å²) in [4.78, 5) is 0. The summed E-state index contributed by atoms with van der Waals surface area (Å²) in [6.07, 6.45) is -0.466. The van der Waals surface area contributed by atoms with E-state index in [4.69, 9.17) is 5.73 Å². The number of halogens is 2. The van der Waals surface area contributed by atoms with Gasteiger partial charge in [0.2, 0.25) is 5.82 Å². The third-order valence-corrected chi connectivity index (χ3v) is 1.13. The number of tetrazole rings is 1. The van der Waals surface area contributed by atoms with Crippen LogP contribution in [0.5, 0.6) is 0 Å². The first kappa shape index (κ1) is 7.99. The monoisotopic (exact) mass is 163 g/mol. The van der Waals surface area contributed by atoms with Crippen molar-refractivity contribution in [1.29, 1.82) is 0 Å². The predicted molar refractivity (Wildman–Crippen MR) is 31.7 cm³/mol. The Hall–Kier alpha value is -1.11. The summed E-state index contributed by atoms with van der Waals surface area (Å²) in [5, 5.41) is 11.3. The molecule has 0 aliphatic rings. The van der Waals surface area contributed by atoms with Crippen LogP contribution < -0.4 is 5.73 Å². The van der Waals surface area contributed by atoms with E-state index >= 15 is 0 Å². The zero-order valence-corrected chi connectivity index (χ0v) is 5.59. The fourth-order valence-corrected chi connectivity index (χ4v) is 0.610. The molecular weight excluding hydrogens is 156 g/mol. The maximum absolute atomic E-state index is 12.7. The molecule has 1 aromatic heterocycles. The molecule has 0 fully saturated rings. The van der Waals surface area contributed by atoms with Gasteiger partial charge in [-0.15, -0.1) is 10.2 Å². The Kier molecular flexibility index (Phi) is 2.08. The molecule has 1 heterocycles. The minimum Gasteiger partial charge on any atom is -0.330 e. The second-order valence-electron chi connectivity index (χ2n) is 1.98. The number of aromatic amines is 1. The molecule has 0 unspecified atom stereocenters. The predicted octanol–water partition coefficient (Wildman–Crippen LogP) is -0.360. The fraction of sp³-hybridized carbons (Fsp3) is 0.750. The number of hydrogen-bond acceptors (Lipinski definition) is 4. The third-order valence-electron chi connectivity index (χ3n) is 1.13. The summed E-state index contributed by atoms with van der Waals surface area (Å²) in [7, 11) is 0. The molecule has 11 heavy (non-hydrogen) atoms. The summed E-state index contributed by atoms with van der Waals surface area (Å²) in [6.45, 7) is -0.110. The highest BCUT2D eigenvalue weighted by Crippen LogP contribution is 2.26. The molecule has 5 nitrogen and oxygen atoms in total. The van der Waals surface area contributed by atoms with Crippen LogP contribution in [-0.2, 0) is 5.92 Å². The van der Waals surface area contributed by atoms with Gasteiger partial charge in [0.05, 0.1) is 0 Å². The van der Waals surface area contributed by atoms with Crippen LogP contribution in [-0.4, -0.2) is 27.2 Å². The summed E-state index contributed by atoms with van der Waals surface area (Å²) in [5.41, 5.74) is 4.95. The number of aromatic nitrogens is 4. The Bertz CT molecular complexity index is 208. The second-order valence-corrected chi connectivity index (χ2v) is 1.98. The van der Waals surface area contributed by atoms with Gasteiger partial charge in [-0.2, -0.15) is 14.0 Å². The number of nitrogens with one attached hydrogen (secondary N) is 1. The Morgan fingerprint density at radius 2 is 2.27 bits per heavy atom. The lowest BCUT2D eigenvalue weighted by atomic mass is 10.2. The molecule has 0 saturated carbocycles. The fourth-order valence-electron chi connectivity index (χ4n) is 0.610. The van der Waals surface area contributed by atoms with Gasteiger partial charge in [-0.3, -0.25) is 0 Å². The molecule has 1 rings (SSSR count). The number of nitrogens with two attached hydrogens (primary N) is 1. The lowest BCUT2D eigenvalue weighted by molar-refractivity contribution is -0.0198. The highest BCUT2D eigenvalue weighted by molar-refractivity contribution is 4.89. The number of H-pyrrole nitrogens is 1. The number of nitrogens with zero attached hydrogens (tertiary/aromatic N) is 3. The summed E-state index contributed by atoms with van der Waals surface area (Å²) in [6, 6.07) is 0. The Labute approximate surface area is 61.0 Å². The van der Waals surface area contributed by atoms with Crippen molar-refractivity contribution in [3.8, 4) is 0 Å². The SMILES string of the molecule is NCCC(F)(F)c1nn[nH]n1. The Morgan fingerprint density at radius 3 is 2.73 bits per heavy atom. The molecule has 62 valence electrons. The smallest absolute Gasteiger partial charge is 0.311 e. The normalized spacial score (nSPS) is 11.9. The standard InChI is InChI=1S/C4H7F2N5/c5-4(6,1-2-7)3-8-10-11-9-3/h1-2,7H2,(H,8,9,10,11). The van der Waals surface area contributed by atoms with E-state index in [1.165, 1.54) is 0 Å². The minimum atomic E-state index is -3.07. The molecule has 7 heteroatoms. The van der Waals surface area contributed by atoms with Gasteiger partial charge in [0.15, 0.2) is 0 Å². The lowest BCUT2D eigenvalue weighted by Crippen LogP contribution is -2.20. The average molecular weight is 163 g/mol. The van der Waals surface area contributed by atoms with Gasteiger partial charge in [0, 0.05) is 6.42 Å². The summed E-state index contributed by atoms with van der Waals surface area (Å²) >= 11 is 0. The van der Waals surface area contributed by atoms with E-state index in [0.29, 0.717) is 0 Å². The van der Waals surface area contributed by atoms with Crippen LogP contribution in [0.15, 0.2) is 0 Å². The van der Waals surface area contributed by atoms with Crippen molar-refractivity contribution in [1.82, 2.24) is 20.6 Å². The molecule has 0 amide bonds. The van der Waals surface area contributed by atoms with E-state index in [0.717, 1.165) is 0 Å². The summed E-state index contributed by atoms with van der Waals surface area (Å²) < 4.78 is 25.4. The van der Waals surface area contributed by atoms with Crippen LogP contribution in [0.3, 0.4) is 0 Å². The number of rotatable bonds is 3. The molecule has 0 bridgehead atoms.